The molecule has 1 aromatic carbocycles. The van der Waals surface area contributed by atoms with Crippen LogP contribution in [0.4, 0.5) is 0 Å². The minimum atomic E-state index is -0.230. The molecule has 1 heterocycles. The molecular formula is C15H18ClNO3S. The number of esters is 1. The number of nitrogens with zero attached hydrogens (tertiary/aromatic N) is 1. The molecule has 1 saturated heterocycles. The number of likely N-dealkylation sites (tertiary alicyclic amines) is 1. The van der Waals surface area contributed by atoms with Crippen LogP contribution in [0.3, 0.4) is 0 Å². The number of ether oxygens (including phenoxy) is 1. The van der Waals surface area contributed by atoms with Gasteiger partial charge in [0.05, 0.1) is 23.8 Å². The molecule has 0 saturated carbocycles. The first-order valence-electron chi connectivity index (χ1n) is 6.84. The molecule has 1 aliphatic rings. The summed E-state index contributed by atoms with van der Waals surface area (Å²) in [7, 11) is 1.39. The number of benzene rings is 1. The summed E-state index contributed by atoms with van der Waals surface area (Å²) >= 11 is 7.49. The van der Waals surface area contributed by atoms with Crippen molar-refractivity contribution in [3.63, 3.8) is 0 Å². The second-order valence-electron chi connectivity index (χ2n) is 4.92. The molecular weight excluding hydrogens is 310 g/mol. The third-order valence-electron chi connectivity index (χ3n) is 3.50. The van der Waals surface area contributed by atoms with E-state index in [9.17, 15) is 9.59 Å². The van der Waals surface area contributed by atoms with Crippen LogP contribution in [-0.4, -0.2) is 42.7 Å². The van der Waals surface area contributed by atoms with Crippen LogP contribution in [-0.2, 0) is 14.3 Å². The third kappa shape index (κ3) is 4.38. The molecule has 1 amide bonds. The number of thioether (sulfide) groups is 1. The Labute approximate surface area is 133 Å². The lowest BCUT2D eigenvalue weighted by atomic mass is 9.98. The van der Waals surface area contributed by atoms with Gasteiger partial charge in [-0.25, -0.2) is 0 Å². The van der Waals surface area contributed by atoms with Crippen molar-refractivity contribution in [2.75, 3.05) is 26.0 Å². The first kappa shape index (κ1) is 16.2. The number of hydrogen-bond acceptors (Lipinski definition) is 4. The maximum Gasteiger partial charge on any atom is 0.310 e. The first-order chi connectivity index (χ1) is 10.1. The summed E-state index contributed by atoms with van der Waals surface area (Å²) in [5, 5.41) is 0.654. The van der Waals surface area contributed by atoms with Gasteiger partial charge in [-0.05, 0) is 25.0 Å². The predicted octanol–water partition coefficient (Wildman–Crippen LogP) is 2.84. The highest BCUT2D eigenvalue weighted by atomic mass is 35.5. The van der Waals surface area contributed by atoms with Crippen molar-refractivity contribution in [2.24, 2.45) is 5.92 Å². The summed E-state index contributed by atoms with van der Waals surface area (Å²) in [5.41, 5.74) is 0. The van der Waals surface area contributed by atoms with Gasteiger partial charge in [0.2, 0.25) is 5.91 Å². The maximum atomic E-state index is 12.2. The van der Waals surface area contributed by atoms with Crippen LogP contribution in [0.15, 0.2) is 29.2 Å². The highest BCUT2D eigenvalue weighted by Gasteiger charge is 2.28. The zero-order valence-corrected chi connectivity index (χ0v) is 13.5. The molecule has 1 aliphatic heterocycles. The minimum absolute atomic E-state index is 0.0357. The second kappa shape index (κ2) is 7.71. The molecule has 114 valence electrons. The quantitative estimate of drug-likeness (QED) is 0.630. The molecule has 2 rings (SSSR count). The molecule has 1 unspecified atom stereocenters. The predicted molar refractivity (Wildman–Crippen MR) is 83.5 cm³/mol. The summed E-state index contributed by atoms with van der Waals surface area (Å²) in [6, 6.07) is 7.46. The lowest BCUT2D eigenvalue weighted by molar-refractivity contribution is -0.148. The molecule has 1 fully saturated rings. The smallest absolute Gasteiger partial charge is 0.310 e. The van der Waals surface area contributed by atoms with E-state index in [4.69, 9.17) is 16.3 Å². The number of hydrogen-bond donors (Lipinski definition) is 0. The summed E-state index contributed by atoms with van der Waals surface area (Å²) in [4.78, 5) is 26.5. The normalized spacial score (nSPS) is 18.4. The zero-order chi connectivity index (χ0) is 15.2. The number of methoxy groups -OCH3 is 1. The lowest BCUT2D eigenvalue weighted by Crippen LogP contribution is -2.43. The highest BCUT2D eigenvalue weighted by molar-refractivity contribution is 8.00. The monoisotopic (exact) mass is 327 g/mol. The average Bonchev–Trinajstić information content (AvgIpc) is 2.53. The topological polar surface area (TPSA) is 46.6 Å². The van der Waals surface area contributed by atoms with Crippen LogP contribution < -0.4 is 0 Å². The Morgan fingerprint density at radius 3 is 2.90 bits per heavy atom. The molecule has 0 bridgehead atoms. The number of carbonyl (C=O) groups excluding carboxylic acids is 2. The van der Waals surface area contributed by atoms with Gasteiger partial charge in [-0.15, -0.1) is 11.8 Å². The van der Waals surface area contributed by atoms with Crippen LogP contribution in [0.1, 0.15) is 12.8 Å². The van der Waals surface area contributed by atoms with E-state index in [0.29, 0.717) is 23.9 Å². The fraction of sp³-hybridized carbons (Fsp3) is 0.467. The Morgan fingerprint density at radius 1 is 1.43 bits per heavy atom. The molecule has 0 spiro atoms. The van der Waals surface area contributed by atoms with E-state index >= 15 is 0 Å². The second-order valence-corrected chi connectivity index (χ2v) is 6.35. The largest absolute Gasteiger partial charge is 0.469 e. The van der Waals surface area contributed by atoms with Crippen LogP contribution in [0.25, 0.3) is 0 Å². The number of carbonyl (C=O) groups is 2. The molecule has 6 heteroatoms. The molecule has 0 N–H and O–H groups in total. The van der Waals surface area contributed by atoms with Gasteiger partial charge in [-0.1, -0.05) is 23.7 Å². The summed E-state index contributed by atoms with van der Waals surface area (Å²) in [6.07, 6.45) is 1.62. The molecule has 0 aliphatic carbocycles. The van der Waals surface area contributed by atoms with Crippen LogP contribution in [0.5, 0.6) is 0 Å². The molecule has 1 aromatic rings. The summed E-state index contributed by atoms with van der Waals surface area (Å²) in [5.74, 6) is -0.0600. The van der Waals surface area contributed by atoms with Gasteiger partial charge in [0, 0.05) is 18.0 Å². The molecule has 1 atom stereocenters. The third-order valence-corrected chi connectivity index (χ3v) is 5.00. The Bertz CT molecular complexity index is 523. The standard InChI is InChI=1S/C15H18ClNO3S/c1-20-15(19)11-5-4-8-17(9-11)14(18)10-21-13-7-3-2-6-12(13)16/h2-3,6-7,11H,4-5,8-10H2,1H3. The highest BCUT2D eigenvalue weighted by Crippen LogP contribution is 2.27. The van der Waals surface area contributed by atoms with Crippen LogP contribution in [0, 0.1) is 5.92 Å². The van der Waals surface area contributed by atoms with E-state index in [1.807, 2.05) is 24.3 Å². The average molecular weight is 328 g/mol. The summed E-state index contributed by atoms with van der Waals surface area (Å²) < 4.78 is 4.76. The number of rotatable bonds is 4. The van der Waals surface area contributed by atoms with Crippen molar-refractivity contribution in [1.29, 1.82) is 0 Å². The van der Waals surface area contributed by atoms with Crippen molar-refractivity contribution in [1.82, 2.24) is 4.90 Å². The van der Waals surface area contributed by atoms with E-state index in [-0.39, 0.29) is 17.8 Å². The fourth-order valence-electron chi connectivity index (χ4n) is 2.36. The van der Waals surface area contributed by atoms with E-state index in [0.717, 1.165) is 17.7 Å². The SMILES string of the molecule is COC(=O)C1CCCN(C(=O)CSc2ccccc2Cl)C1. The van der Waals surface area contributed by atoms with Gasteiger partial charge in [0.1, 0.15) is 0 Å². The fourth-order valence-corrected chi connectivity index (χ4v) is 3.50. The van der Waals surface area contributed by atoms with E-state index in [1.165, 1.54) is 18.9 Å². The maximum absolute atomic E-state index is 12.2. The van der Waals surface area contributed by atoms with Crippen LogP contribution >= 0.6 is 23.4 Å². The van der Waals surface area contributed by atoms with Gasteiger partial charge in [0.15, 0.2) is 0 Å². The van der Waals surface area contributed by atoms with Crippen molar-refractivity contribution < 1.29 is 14.3 Å². The van der Waals surface area contributed by atoms with Crippen molar-refractivity contribution >= 4 is 35.2 Å². The molecule has 0 radical (unpaired) electrons. The first-order valence-corrected chi connectivity index (χ1v) is 8.21. The van der Waals surface area contributed by atoms with Crippen molar-refractivity contribution in [2.45, 2.75) is 17.7 Å². The Kier molecular flexibility index (Phi) is 5.94. The zero-order valence-electron chi connectivity index (χ0n) is 11.9. The van der Waals surface area contributed by atoms with Crippen molar-refractivity contribution in [3.05, 3.63) is 29.3 Å². The van der Waals surface area contributed by atoms with E-state index in [2.05, 4.69) is 0 Å². The Hall–Kier alpha value is -1.20. The molecule has 0 aromatic heterocycles. The Balaban J connectivity index is 1.88. The molecule has 4 nitrogen and oxygen atoms in total. The van der Waals surface area contributed by atoms with E-state index in [1.54, 1.807) is 4.90 Å². The van der Waals surface area contributed by atoms with Gasteiger partial charge in [0.25, 0.3) is 0 Å². The number of piperidine rings is 1. The van der Waals surface area contributed by atoms with Crippen LogP contribution in [0.2, 0.25) is 5.02 Å². The minimum Gasteiger partial charge on any atom is -0.469 e. The van der Waals surface area contributed by atoms with Gasteiger partial charge in [-0.3, -0.25) is 9.59 Å². The number of halogens is 1. The Morgan fingerprint density at radius 2 is 2.19 bits per heavy atom. The molecule has 21 heavy (non-hydrogen) atoms. The van der Waals surface area contributed by atoms with Crippen molar-refractivity contribution in [3.8, 4) is 0 Å². The van der Waals surface area contributed by atoms with Gasteiger partial charge in [-0.2, -0.15) is 0 Å². The van der Waals surface area contributed by atoms with E-state index < -0.39 is 0 Å². The number of amides is 1. The summed E-state index contributed by atoms with van der Waals surface area (Å²) in [6.45, 7) is 1.16. The van der Waals surface area contributed by atoms with Gasteiger partial charge >= 0.3 is 5.97 Å². The lowest BCUT2D eigenvalue weighted by Gasteiger charge is -2.31. The van der Waals surface area contributed by atoms with Gasteiger partial charge < -0.3 is 9.64 Å².